The van der Waals surface area contributed by atoms with Gasteiger partial charge >= 0.3 is 5.97 Å². The number of benzene rings is 1. The Balaban J connectivity index is 2.76. The molecule has 0 spiro atoms. The molecule has 0 amide bonds. The minimum atomic E-state index is -0.766. The van der Waals surface area contributed by atoms with Gasteiger partial charge in [0, 0.05) is 4.90 Å². The molecule has 0 fully saturated rings. The van der Waals surface area contributed by atoms with Gasteiger partial charge in [0.1, 0.15) is 0 Å². The van der Waals surface area contributed by atoms with Gasteiger partial charge in [-0.1, -0.05) is 18.2 Å². The monoisotopic (exact) mass is 224 g/mol. The van der Waals surface area contributed by atoms with Crippen molar-refractivity contribution in [3.05, 3.63) is 30.3 Å². The summed E-state index contributed by atoms with van der Waals surface area (Å²) in [6.07, 6.45) is 0. The van der Waals surface area contributed by atoms with E-state index >= 15 is 0 Å². The Morgan fingerprint density at radius 3 is 2.33 bits per heavy atom. The second-order valence-electron chi connectivity index (χ2n) is 2.94. The number of carbonyl (C=O) groups excluding carboxylic acids is 2. The van der Waals surface area contributed by atoms with E-state index in [0.29, 0.717) is 0 Å². The van der Waals surface area contributed by atoms with Gasteiger partial charge in [-0.15, -0.1) is 11.8 Å². The molecule has 1 rings (SSSR count). The lowest BCUT2D eigenvalue weighted by Crippen LogP contribution is -2.25. The number of methoxy groups -OCH3 is 1. The summed E-state index contributed by atoms with van der Waals surface area (Å²) >= 11 is 1.21. The molecule has 0 aliphatic carbocycles. The molecule has 15 heavy (non-hydrogen) atoms. The highest BCUT2D eigenvalue weighted by molar-refractivity contribution is 8.01. The average Bonchev–Trinajstić information content (AvgIpc) is 2.26. The maximum atomic E-state index is 11.3. The van der Waals surface area contributed by atoms with E-state index in [1.807, 2.05) is 30.3 Å². The number of carbonyl (C=O) groups is 2. The van der Waals surface area contributed by atoms with E-state index in [-0.39, 0.29) is 5.78 Å². The molecule has 1 aromatic carbocycles. The van der Waals surface area contributed by atoms with Crippen molar-refractivity contribution in [2.45, 2.75) is 17.1 Å². The van der Waals surface area contributed by atoms with Gasteiger partial charge in [-0.3, -0.25) is 9.59 Å². The molecule has 0 aromatic heterocycles. The van der Waals surface area contributed by atoms with E-state index in [2.05, 4.69) is 4.74 Å². The van der Waals surface area contributed by atoms with Gasteiger partial charge in [0.2, 0.25) is 0 Å². The third-order valence-electron chi connectivity index (χ3n) is 1.78. The second-order valence-corrected chi connectivity index (χ2v) is 4.12. The topological polar surface area (TPSA) is 43.4 Å². The number of ketones is 1. The van der Waals surface area contributed by atoms with Crippen LogP contribution in [0, 0.1) is 0 Å². The van der Waals surface area contributed by atoms with E-state index < -0.39 is 11.2 Å². The van der Waals surface area contributed by atoms with Crippen molar-refractivity contribution in [1.29, 1.82) is 0 Å². The first-order valence-electron chi connectivity index (χ1n) is 4.45. The summed E-state index contributed by atoms with van der Waals surface area (Å²) in [4.78, 5) is 23.4. The largest absolute Gasteiger partial charge is 0.468 e. The molecular weight excluding hydrogens is 212 g/mol. The van der Waals surface area contributed by atoms with E-state index in [1.165, 1.54) is 25.8 Å². The molecule has 80 valence electrons. The van der Waals surface area contributed by atoms with Gasteiger partial charge in [0.15, 0.2) is 11.0 Å². The van der Waals surface area contributed by atoms with Crippen LogP contribution in [0.2, 0.25) is 0 Å². The fourth-order valence-corrected chi connectivity index (χ4v) is 1.98. The van der Waals surface area contributed by atoms with E-state index in [4.69, 9.17) is 0 Å². The van der Waals surface area contributed by atoms with Crippen molar-refractivity contribution in [3.63, 3.8) is 0 Å². The van der Waals surface area contributed by atoms with Crippen LogP contribution in [0.3, 0.4) is 0 Å². The van der Waals surface area contributed by atoms with Gasteiger partial charge in [0.25, 0.3) is 0 Å². The van der Waals surface area contributed by atoms with Gasteiger partial charge in [-0.2, -0.15) is 0 Å². The number of thioether (sulfide) groups is 1. The molecule has 1 atom stereocenters. The molecule has 1 aromatic rings. The first-order valence-corrected chi connectivity index (χ1v) is 5.33. The number of Topliss-reactive ketones (excluding diaryl/α,β-unsaturated/α-hetero) is 1. The molecule has 1 unspecified atom stereocenters. The van der Waals surface area contributed by atoms with Crippen LogP contribution in [0.25, 0.3) is 0 Å². The molecule has 0 aliphatic heterocycles. The van der Waals surface area contributed by atoms with E-state index in [1.54, 1.807) is 0 Å². The zero-order valence-electron chi connectivity index (χ0n) is 8.60. The van der Waals surface area contributed by atoms with Crippen LogP contribution in [0.15, 0.2) is 35.2 Å². The third-order valence-corrected chi connectivity index (χ3v) is 3.09. The van der Waals surface area contributed by atoms with Crippen molar-refractivity contribution < 1.29 is 14.3 Å². The molecule has 0 heterocycles. The molecular formula is C11H12O3S. The summed E-state index contributed by atoms with van der Waals surface area (Å²) in [6.45, 7) is 1.39. The Labute approximate surface area is 92.8 Å². The minimum Gasteiger partial charge on any atom is -0.468 e. The van der Waals surface area contributed by atoms with Crippen LogP contribution < -0.4 is 0 Å². The molecule has 4 heteroatoms. The van der Waals surface area contributed by atoms with Gasteiger partial charge in [-0.25, -0.2) is 0 Å². The summed E-state index contributed by atoms with van der Waals surface area (Å²) in [5.74, 6) is -0.702. The first-order chi connectivity index (χ1) is 7.15. The summed E-state index contributed by atoms with van der Waals surface area (Å²) in [5, 5.41) is -0.766. The molecule has 0 radical (unpaired) electrons. The zero-order valence-corrected chi connectivity index (χ0v) is 9.41. The summed E-state index contributed by atoms with van der Waals surface area (Å²) in [5.41, 5.74) is 0. The second kappa shape index (κ2) is 5.56. The lowest BCUT2D eigenvalue weighted by atomic mass is 10.3. The predicted molar refractivity (Wildman–Crippen MR) is 58.8 cm³/mol. The lowest BCUT2D eigenvalue weighted by molar-refractivity contribution is -0.142. The SMILES string of the molecule is COC(=O)C(Sc1ccccc1)C(C)=O. The third kappa shape index (κ3) is 3.40. The molecule has 0 aliphatic rings. The zero-order chi connectivity index (χ0) is 11.3. The average molecular weight is 224 g/mol. The van der Waals surface area contributed by atoms with Crippen molar-refractivity contribution in [2.75, 3.05) is 7.11 Å². The summed E-state index contributed by atoms with van der Waals surface area (Å²) in [7, 11) is 1.28. The lowest BCUT2D eigenvalue weighted by Gasteiger charge is -2.10. The van der Waals surface area contributed by atoms with Crippen LogP contribution in [0.4, 0.5) is 0 Å². The Morgan fingerprint density at radius 1 is 1.27 bits per heavy atom. The molecule has 0 saturated heterocycles. The Bertz CT molecular complexity index is 348. The van der Waals surface area contributed by atoms with Crippen LogP contribution in [0.1, 0.15) is 6.92 Å². The highest BCUT2D eigenvalue weighted by atomic mass is 32.2. The van der Waals surface area contributed by atoms with E-state index in [9.17, 15) is 9.59 Å². The maximum absolute atomic E-state index is 11.3. The quantitative estimate of drug-likeness (QED) is 0.445. The van der Waals surface area contributed by atoms with Crippen LogP contribution in [-0.4, -0.2) is 24.1 Å². The molecule has 0 saturated carbocycles. The van der Waals surface area contributed by atoms with Crippen molar-refractivity contribution in [3.8, 4) is 0 Å². The Kier molecular flexibility index (Phi) is 4.37. The molecule has 0 N–H and O–H groups in total. The van der Waals surface area contributed by atoms with Crippen LogP contribution >= 0.6 is 11.8 Å². The predicted octanol–water partition coefficient (Wildman–Crippen LogP) is 1.91. The van der Waals surface area contributed by atoms with Crippen LogP contribution in [-0.2, 0) is 14.3 Å². The number of ether oxygens (including phenoxy) is 1. The van der Waals surface area contributed by atoms with E-state index in [0.717, 1.165) is 4.90 Å². The van der Waals surface area contributed by atoms with Crippen molar-refractivity contribution in [2.24, 2.45) is 0 Å². The smallest absolute Gasteiger partial charge is 0.326 e. The fourth-order valence-electron chi connectivity index (χ4n) is 1.04. The summed E-state index contributed by atoms with van der Waals surface area (Å²) in [6, 6.07) is 9.30. The number of rotatable bonds is 4. The van der Waals surface area contributed by atoms with Crippen molar-refractivity contribution >= 4 is 23.5 Å². The highest BCUT2D eigenvalue weighted by Gasteiger charge is 2.25. The molecule has 3 nitrogen and oxygen atoms in total. The first kappa shape index (κ1) is 11.8. The highest BCUT2D eigenvalue weighted by Crippen LogP contribution is 2.24. The fraction of sp³-hybridized carbons (Fsp3) is 0.273. The number of hydrogen-bond acceptors (Lipinski definition) is 4. The van der Waals surface area contributed by atoms with Gasteiger partial charge < -0.3 is 4.74 Å². The van der Waals surface area contributed by atoms with Gasteiger partial charge in [-0.05, 0) is 19.1 Å². The Hall–Kier alpha value is -1.29. The normalized spacial score (nSPS) is 11.9. The van der Waals surface area contributed by atoms with Crippen molar-refractivity contribution in [1.82, 2.24) is 0 Å². The number of esters is 1. The van der Waals surface area contributed by atoms with Crippen LogP contribution in [0.5, 0.6) is 0 Å². The Morgan fingerprint density at radius 2 is 1.87 bits per heavy atom. The standard InChI is InChI=1S/C11H12O3S/c1-8(12)10(11(13)14-2)15-9-6-4-3-5-7-9/h3-7,10H,1-2H3. The minimum absolute atomic E-state index is 0.198. The maximum Gasteiger partial charge on any atom is 0.326 e. The summed E-state index contributed by atoms with van der Waals surface area (Å²) < 4.78 is 4.57. The molecule has 0 bridgehead atoms. The number of hydrogen-bond donors (Lipinski definition) is 0. The van der Waals surface area contributed by atoms with Gasteiger partial charge in [0.05, 0.1) is 7.11 Å².